The molecule has 0 aromatic rings. The van der Waals surface area contributed by atoms with Crippen LogP contribution in [0.3, 0.4) is 0 Å². The summed E-state index contributed by atoms with van der Waals surface area (Å²) in [4.78, 5) is 0. The number of hydrogen-bond donors (Lipinski definition) is 1. The number of halogens is 1. The van der Waals surface area contributed by atoms with Crippen LogP contribution >= 0.6 is 22.6 Å². The van der Waals surface area contributed by atoms with E-state index in [1.165, 1.54) is 38.5 Å². The van der Waals surface area contributed by atoms with E-state index >= 15 is 0 Å². The molecule has 0 unspecified atom stereocenters. The number of rotatable bonds is 0. The van der Waals surface area contributed by atoms with Crippen LogP contribution in [0.4, 0.5) is 0 Å². The summed E-state index contributed by atoms with van der Waals surface area (Å²) in [6, 6.07) is 0. The fourth-order valence-corrected chi connectivity index (χ4v) is 8.75. The molecule has 0 heterocycles. The zero-order chi connectivity index (χ0) is 14.6. The summed E-state index contributed by atoms with van der Waals surface area (Å²) in [5.41, 5.74) is 1.24. The van der Waals surface area contributed by atoms with E-state index in [0.717, 1.165) is 30.1 Å². The number of aliphatic hydroxyl groups excluding tert-OH is 1. The van der Waals surface area contributed by atoms with E-state index in [1.807, 2.05) is 0 Å². The van der Waals surface area contributed by atoms with Crippen molar-refractivity contribution in [2.24, 2.45) is 39.9 Å². The highest BCUT2D eigenvalue weighted by atomic mass is 127. The normalized spacial score (nSPS) is 64.2. The van der Waals surface area contributed by atoms with E-state index in [-0.39, 0.29) is 6.10 Å². The van der Waals surface area contributed by atoms with E-state index in [0.29, 0.717) is 16.2 Å². The Hall–Kier alpha value is 0.430. The van der Waals surface area contributed by atoms with Gasteiger partial charge in [-0.05, 0) is 100 Å². The molecule has 0 aromatic heterocycles. The van der Waals surface area contributed by atoms with Crippen LogP contribution in [0.1, 0.15) is 58.8 Å². The Kier molecular flexibility index (Phi) is 2.57. The summed E-state index contributed by atoms with van der Waals surface area (Å²) >= 11 is 2.60. The molecule has 0 amide bonds. The first-order valence-electron chi connectivity index (χ1n) is 8.98. The zero-order valence-electron chi connectivity index (χ0n) is 13.2. The largest absolute Gasteiger partial charge is 0.393 e. The molecule has 2 heteroatoms. The van der Waals surface area contributed by atoms with Crippen LogP contribution in [0.2, 0.25) is 0 Å². The Morgan fingerprint density at radius 2 is 2.00 bits per heavy atom. The fourth-order valence-electron chi connectivity index (χ4n) is 7.82. The van der Waals surface area contributed by atoms with Crippen molar-refractivity contribution < 1.29 is 5.11 Å². The highest BCUT2D eigenvalue weighted by molar-refractivity contribution is 14.1. The number of allylic oxidation sites excluding steroid dienone is 2. The predicted molar refractivity (Wildman–Crippen MR) is 93.0 cm³/mol. The molecule has 1 spiro atoms. The summed E-state index contributed by atoms with van der Waals surface area (Å²) in [5, 5.41) is 11.0. The van der Waals surface area contributed by atoms with Gasteiger partial charge in [-0.3, -0.25) is 0 Å². The van der Waals surface area contributed by atoms with Gasteiger partial charge in [-0.1, -0.05) is 19.9 Å². The standard InChI is InChI=1S/C19H27IO/c1-17-7-6-14-12(13(17)3-4-15(17)20)9-16(21)19-10-11(19)5-8-18(14,19)2/h4,11-14,16,21H,3,5-10H2,1-2H3/t11-,12+,13+,14+,16+,17+,18-,19+/m1/s1. The third-order valence-electron chi connectivity index (χ3n) is 9.06. The highest BCUT2D eigenvalue weighted by Gasteiger charge is 2.76. The third kappa shape index (κ3) is 1.36. The molecule has 4 fully saturated rings. The van der Waals surface area contributed by atoms with Gasteiger partial charge < -0.3 is 5.11 Å². The van der Waals surface area contributed by atoms with Gasteiger partial charge in [0.1, 0.15) is 0 Å². The Morgan fingerprint density at radius 1 is 1.19 bits per heavy atom. The zero-order valence-corrected chi connectivity index (χ0v) is 15.4. The molecule has 4 saturated carbocycles. The van der Waals surface area contributed by atoms with E-state index in [4.69, 9.17) is 0 Å². The van der Waals surface area contributed by atoms with Crippen LogP contribution in [0.25, 0.3) is 0 Å². The lowest BCUT2D eigenvalue weighted by Crippen LogP contribution is -2.56. The van der Waals surface area contributed by atoms with E-state index in [2.05, 4.69) is 42.5 Å². The Labute approximate surface area is 142 Å². The van der Waals surface area contributed by atoms with Gasteiger partial charge in [-0.2, -0.15) is 0 Å². The van der Waals surface area contributed by atoms with Gasteiger partial charge in [-0.25, -0.2) is 0 Å². The molecule has 1 N–H and O–H groups in total. The van der Waals surface area contributed by atoms with Crippen LogP contribution in [0.5, 0.6) is 0 Å². The number of aliphatic hydroxyl groups is 1. The molecule has 8 atom stereocenters. The van der Waals surface area contributed by atoms with E-state index in [9.17, 15) is 5.11 Å². The maximum Gasteiger partial charge on any atom is 0.0607 e. The van der Waals surface area contributed by atoms with Gasteiger partial charge in [0.25, 0.3) is 0 Å². The van der Waals surface area contributed by atoms with Crippen LogP contribution in [-0.2, 0) is 0 Å². The molecule has 0 aliphatic heterocycles. The lowest BCUT2D eigenvalue weighted by molar-refractivity contribution is -0.141. The quantitative estimate of drug-likeness (QED) is 0.574. The molecule has 0 radical (unpaired) electrons. The van der Waals surface area contributed by atoms with Gasteiger partial charge >= 0.3 is 0 Å². The van der Waals surface area contributed by atoms with Gasteiger partial charge in [0.15, 0.2) is 0 Å². The number of hydrogen-bond acceptors (Lipinski definition) is 1. The van der Waals surface area contributed by atoms with Crippen LogP contribution < -0.4 is 0 Å². The van der Waals surface area contributed by atoms with Crippen molar-refractivity contribution in [1.29, 1.82) is 0 Å². The van der Waals surface area contributed by atoms with Crippen LogP contribution in [-0.4, -0.2) is 11.2 Å². The minimum Gasteiger partial charge on any atom is -0.393 e. The van der Waals surface area contributed by atoms with Crippen molar-refractivity contribution in [2.75, 3.05) is 0 Å². The van der Waals surface area contributed by atoms with Gasteiger partial charge in [0, 0.05) is 10.8 Å². The van der Waals surface area contributed by atoms with Crippen molar-refractivity contribution in [3.05, 3.63) is 9.66 Å². The molecular formula is C19H27IO. The second kappa shape index (κ2) is 3.91. The van der Waals surface area contributed by atoms with Gasteiger partial charge in [0.2, 0.25) is 0 Å². The lowest BCUT2D eigenvalue weighted by Gasteiger charge is -2.59. The maximum absolute atomic E-state index is 11.0. The van der Waals surface area contributed by atoms with Gasteiger partial charge in [-0.15, -0.1) is 0 Å². The summed E-state index contributed by atoms with van der Waals surface area (Å²) < 4.78 is 1.61. The molecule has 5 rings (SSSR count). The minimum absolute atomic E-state index is 0.00291. The van der Waals surface area contributed by atoms with E-state index in [1.54, 1.807) is 3.58 Å². The molecule has 116 valence electrons. The van der Waals surface area contributed by atoms with Crippen molar-refractivity contribution in [3.8, 4) is 0 Å². The molecule has 0 aromatic carbocycles. The molecule has 21 heavy (non-hydrogen) atoms. The second-order valence-electron chi connectivity index (χ2n) is 9.27. The van der Waals surface area contributed by atoms with Crippen LogP contribution in [0, 0.1) is 39.9 Å². The van der Waals surface area contributed by atoms with Crippen molar-refractivity contribution in [3.63, 3.8) is 0 Å². The topological polar surface area (TPSA) is 20.2 Å². The van der Waals surface area contributed by atoms with Gasteiger partial charge in [0.05, 0.1) is 6.10 Å². The van der Waals surface area contributed by atoms with Crippen molar-refractivity contribution in [1.82, 2.24) is 0 Å². The fraction of sp³-hybridized carbons (Fsp3) is 0.895. The summed E-state index contributed by atoms with van der Waals surface area (Å²) in [5.74, 6) is 3.35. The average molecular weight is 398 g/mol. The molecule has 0 saturated heterocycles. The summed E-state index contributed by atoms with van der Waals surface area (Å²) in [6.45, 7) is 5.07. The third-order valence-corrected chi connectivity index (χ3v) is 10.7. The maximum atomic E-state index is 11.0. The molecule has 0 bridgehead atoms. The summed E-state index contributed by atoms with van der Waals surface area (Å²) in [6.07, 6.45) is 11.8. The minimum atomic E-state index is -0.00291. The predicted octanol–water partition coefficient (Wildman–Crippen LogP) is 4.93. The SMILES string of the molecule is C[C@]12CC[C@H]3[C@@H](C[C@H](O)[C@]45C[C@H]4CC[C@]35C)[C@@H]1CC=C2I. The first-order valence-corrected chi connectivity index (χ1v) is 10.1. The summed E-state index contributed by atoms with van der Waals surface area (Å²) in [7, 11) is 0. The Morgan fingerprint density at radius 3 is 2.76 bits per heavy atom. The number of fused-ring (bicyclic) bond motifs is 4. The molecule has 5 aliphatic carbocycles. The van der Waals surface area contributed by atoms with Crippen molar-refractivity contribution in [2.45, 2.75) is 64.9 Å². The molecular weight excluding hydrogens is 371 g/mol. The Bertz CT molecular complexity index is 542. The average Bonchev–Trinajstić information content (AvgIpc) is 3.01. The second-order valence-corrected chi connectivity index (χ2v) is 10.4. The molecule has 1 nitrogen and oxygen atoms in total. The first kappa shape index (κ1) is 13.8. The Balaban J connectivity index is 1.56. The van der Waals surface area contributed by atoms with E-state index < -0.39 is 0 Å². The molecule has 5 aliphatic rings. The highest BCUT2D eigenvalue weighted by Crippen LogP contribution is 2.81. The smallest absolute Gasteiger partial charge is 0.0607 e. The monoisotopic (exact) mass is 398 g/mol. The van der Waals surface area contributed by atoms with Crippen molar-refractivity contribution >= 4 is 22.6 Å². The lowest BCUT2D eigenvalue weighted by atomic mass is 9.46. The van der Waals surface area contributed by atoms with Crippen LogP contribution in [0.15, 0.2) is 9.66 Å². The first-order chi connectivity index (χ1) is 9.93.